The lowest BCUT2D eigenvalue weighted by molar-refractivity contribution is -0.124. The second kappa shape index (κ2) is 6.49. The third-order valence-electron chi connectivity index (χ3n) is 2.76. The van der Waals surface area contributed by atoms with Crippen molar-refractivity contribution < 1.29 is 20.1 Å². The van der Waals surface area contributed by atoms with Crippen molar-refractivity contribution >= 4 is 5.91 Å². The van der Waals surface area contributed by atoms with Gasteiger partial charge < -0.3 is 20.6 Å². The highest BCUT2D eigenvalue weighted by atomic mass is 16.3. The molecule has 0 aliphatic carbocycles. The zero-order valence-corrected chi connectivity index (χ0v) is 10.4. The molecule has 0 aliphatic heterocycles. The fourth-order valence-electron chi connectivity index (χ4n) is 1.62. The Bertz CT molecular complexity index is 393. The minimum Gasteiger partial charge on any atom is -0.394 e. The number of aliphatic hydroxyl groups is 3. The van der Waals surface area contributed by atoms with Crippen LogP contribution in [-0.2, 0) is 11.2 Å². The van der Waals surface area contributed by atoms with Gasteiger partial charge in [0.2, 0.25) is 5.91 Å². The summed E-state index contributed by atoms with van der Waals surface area (Å²) in [5.41, 5.74) is 0.536. The minimum absolute atomic E-state index is 0.142. The molecule has 0 saturated heterocycles. The Balaban J connectivity index is 2.66. The van der Waals surface area contributed by atoms with Crippen LogP contribution in [0.25, 0.3) is 0 Å². The smallest absolute Gasteiger partial charge is 0.225 e. The fraction of sp³-hybridized carbons (Fsp3) is 0.462. The van der Waals surface area contributed by atoms with Crippen LogP contribution in [0.1, 0.15) is 11.1 Å². The van der Waals surface area contributed by atoms with Gasteiger partial charge in [-0.3, -0.25) is 4.79 Å². The number of amides is 1. The molecule has 100 valence electrons. The molecule has 0 heterocycles. The summed E-state index contributed by atoms with van der Waals surface area (Å²) in [6, 6.07) is 7.50. The average molecular weight is 253 g/mol. The number of nitrogens with one attached hydrogen (secondary N) is 1. The van der Waals surface area contributed by atoms with Crippen LogP contribution < -0.4 is 5.32 Å². The summed E-state index contributed by atoms with van der Waals surface area (Å²) in [7, 11) is 0. The van der Waals surface area contributed by atoms with Crippen molar-refractivity contribution in [2.45, 2.75) is 18.9 Å². The standard InChI is InChI=1S/C13H19NO4/c1-10-3-2-4-11(5-10)6-12(18)14-13(7-15,8-16)9-17/h2-5,15-17H,6-9H2,1H3,(H,14,18). The lowest BCUT2D eigenvalue weighted by Crippen LogP contribution is -2.57. The van der Waals surface area contributed by atoms with Crippen LogP contribution in [0, 0.1) is 6.92 Å². The first-order valence-corrected chi connectivity index (χ1v) is 5.74. The van der Waals surface area contributed by atoms with Crippen LogP contribution in [-0.4, -0.2) is 46.6 Å². The molecule has 1 rings (SSSR count). The Morgan fingerprint density at radius 3 is 2.33 bits per heavy atom. The molecular formula is C13H19NO4. The Hall–Kier alpha value is -1.43. The number of rotatable bonds is 6. The molecule has 4 N–H and O–H groups in total. The van der Waals surface area contributed by atoms with Crippen LogP contribution in [0.5, 0.6) is 0 Å². The van der Waals surface area contributed by atoms with Crippen molar-refractivity contribution in [3.8, 4) is 0 Å². The van der Waals surface area contributed by atoms with Gasteiger partial charge in [0.25, 0.3) is 0 Å². The zero-order valence-electron chi connectivity index (χ0n) is 10.4. The number of carbonyl (C=O) groups is 1. The van der Waals surface area contributed by atoms with E-state index >= 15 is 0 Å². The highest BCUT2D eigenvalue weighted by Gasteiger charge is 2.29. The Labute approximate surface area is 106 Å². The largest absolute Gasteiger partial charge is 0.394 e. The summed E-state index contributed by atoms with van der Waals surface area (Å²) in [6.45, 7) is 0.388. The van der Waals surface area contributed by atoms with Gasteiger partial charge >= 0.3 is 0 Å². The van der Waals surface area contributed by atoms with Crippen LogP contribution in [0.15, 0.2) is 24.3 Å². The maximum Gasteiger partial charge on any atom is 0.225 e. The van der Waals surface area contributed by atoms with E-state index in [0.717, 1.165) is 11.1 Å². The van der Waals surface area contributed by atoms with Gasteiger partial charge in [0, 0.05) is 0 Å². The number of aryl methyl sites for hydroxylation is 1. The number of carbonyl (C=O) groups excluding carboxylic acids is 1. The predicted molar refractivity (Wildman–Crippen MR) is 67.0 cm³/mol. The van der Waals surface area contributed by atoms with E-state index in [1.54, 1.807) is 0 Å². The van der Waals surface area contributed by atoms with Crippen molar-refractivity contribution in [3.05, 3.63) is 35.4 Å². The molecule has 0 radical (unpaired) electrons. The van der Waals surface area contributed by atoms with Gasteiger partial charge in [0.15, 0.2) is 0 Å². The van der Waals surface area contributed by atoms with Gasteiger partial charge in [0.1, 0.15) is 5.54 Å². The third-order valence-corrected chi connectivity index (χ3v) is 2.76. The van der Waals surface area contributed by atoms with E-state index in [-0.39, 0.29) is 12.3 Å². The molecule has 5 heteroatoms. The SMILES string of the molecule is Cc1cccc(CC(=O)NC(CO)(CO)CO)c1. The van der Waals surface area contributed by atoms with Gasteiger partial charge in [-0.15, -0.1) is 0 Å². The number of benzene rings is 1. The van der Waals surface area contributed by atoms with Gasteiger partial charge in [-0.25, -0.2) is 0 Å². The molecule has 0 bridgehead atoms. The van der Waals surface area contributed by atoms with E-state index in [9.17, 15) is 4.79 Å². The van der Waals surface area contributed by atoms with Crippen molar-refractivity contribution in [3.63, 3.8) is 0 Å². The van der Waals surface area contributed by atoms with Gasteiger partial charge in [-0.05, 0) is 12.5 Å². The Kier molecular flexibility index (Phi) is 5.27. The topological polar surface area (TPSA) is 89.8 Å². The number of aliphatic hydroxyl groups excluding tert-OH is 3. The molecule has 0 aromatic heterocycles. The molecule has 0 spiro atoms. The molecular weight excluding hydrogens is 234 g/mol. The second-order valence-electron chi connectivity index (χ2n) is 4.47. The van der Waals surface area contributed by atoms with Crippen LogP contribution >= 0.6 is 0 Å². The molecule has 5 nitrogen and oxygen atoms in total. The first-order valence-electron chi connectivity index (χ1n) is 5.74. The fourth-order valence-corrected chi connectivity index (χ4v) is 1.62. The van der Waals surface area contributed by atoms with E-state index in [1.807, 2.05) is 31.2 Å². The second-order valence-corrected chi connectivity index (χ2v) is 4.47. The molecule has 1 aromatic rings. The first-order chi connectivity index (χ1) is 8.55. The van der Waals surface area contributed by atoms with Crippen molar-refractivity contribution in [1.82, 2.24) is 5.32 Å². The zero-order chi connectivity index (χ0) is 13.6. The monoisotopic (exact) mass is 253 g/mol. The molecule has 0 fully saturated rings. The summed E-state index contributed by atoms with van der Waals surface area (Å²) < 4.78 is 0. The molecule has 0 aliphatic rings. The van der Waals surface area contributed by atoms with Crippen LogP contribution in [0.4, 0.5) is 0 Å². The summed E-state index contributed by atoms with van der Waals surface area (Å²) in [6.07, 6.45) is 0.142. The van der Waals surface area contributed by atoms with Gasteiger partial charge in [-0.2, -0.15) is 0 Å². The van der Waals surface area contributed by atoms with E-state index in [2.05, 4.69) is 5.32 Å². The highest BCUT2D eigenvalue weighted by molar-refractivity contribution is 5.79. The van der Waals surface area contributed by atoms with E-state index in [4.69, 9.17) is 15.3 Å². The maximum absolute atomic E-state index is 11.8. The summed E-state index contributed by atoms with van der Waals surface area (Å²) >= 11 is 0. The quantitative estimate of drug-likeness (QED) is 0.543. The average Bonchev–Trinajstić information content (AvgIpc) is 2.36. The number of hydrogen-bond acceptors (Lipinski definition) is 4. The molecule has 0 atom stereocenters. The third kappa shape index (κ3) is 3.80. The summed E-state index contributed by atoms with van der Waals surface area (Å²) in [4.78, 5) is 11.8. The Morgan fingerprint density at radius 2 is 1.83 bits per heavy atom. The van der Waals surface area contributed by atoms with E-state index < -0.39 is 25.4 Å². The lowest BCUT2D eigenvalue weighted by atomic mass is 10.0. The van der Waals surface area contributed by atoms with Gasteiger partial charge in [0.05, 0.1) is 26.2 Å². The minimum atomic E-state index is -1.36. The molecule has 0 saturated carbocycles. The molecule has 1 aromatic carbocycles. The normalized spacial score (nSPS) is 11.3. The van der Waals surface area contributed by atoms with Crippen molar-refractivity contribution in [2.24, 2.45) is 0 Å². The van der Waals surface area contributed by atoms with Crippen LogP contribution in [0.2, 0.25) is 0 Å². The molecule has 0 unspecified atom stereocenters. The maximum atomic E-state index is 11.8. The summed E-state index contributed by atoms with van der Waals surface area (Å²) in [5, 5.41) is 29.8. The van der Waals surface area contributed by atoms with Crippen molar-refractivity contribution in [1.29, 1.82) is 0 Å². The van der Waals surface area contributed by atoms with E-state index in [1.165, 1.54) is 0 Å². The predicted octanol–water partition coefficient (Wildman–Crippen LogP) is -0.631. The number of hydrogen-bond donors (Lipinski definition) is 4. The first kappa shape index (κ1) is 14.6. The van der Waals surface area contributed by atoms with E-state index in [0.29, 0.717) is 0 Å². The molecule has 1 amide bonds. The Morgan fingerprint density at radius 1 is 1.22 bits per heavy atom. The summed E-state index contributed by atoms with van der Waals surface area (Å²) in [5.74, 6) is -0.349. The van der Waals surface area contributed by atoms with Crippen molar-refractivity contribution in [2.75, 3.05) is 19.8 Å². The lowest BCUT2D eigenvalue weighted by Gasteiger charge is -2.28. The molecule has 18 heavy (non-hydrogen) atoms. The van der Waals surface area contributed by atoms with Crippen LogP contribution in [0.3, 0.4) is 0 Å². The van der Waals surface area contributed by atoms with Gasteiger partial charge in [-0.1, -0.05) is 29.8 Å². The highest BCUT2D eigenvalue weighted by Crippen LogP contribution is 2.07.